The number of carbonyl (C=O) groups excluding carboxylic acids is 2. The summed E-state index contributed by atoms with van der Waals surface area (Å²) in [5.41, 5.74) is 1.48. The molecule has 0 radical (unpaired) electrons. The Labute approximate surface area is 145 Å². The Balaban J connectivity index is 1.63. The van der Waals surface area contributed by atoms with Crippen LogP contribution in [0.5, 0.6) is 0 Å². The molecule has 0 saturated heterocycles. The van der Waals surface area contributed by atoms with Crippen molar-refractivity contribution < 1.29 is 19.1 Å². The number of hydrogen-bond donors (Lipinski definition) is 0. The maximum Gasteiger partial charge on any atom is 0.348 e. The lowest BCUT2D eigenvalue weighted by Crippen LogP contribution is -2.30. The summed E-state index contributed by atoms with van der Waals surface area (Å²) in [6.07, 6.45) is 1.21. The summed E-state index contributed by atoms with van der Waals surface area (Å²) < 4.78 is 10.5. The summed E-state index contributed by atoms with van der Waals surface area (Å²) in [5, 5.41) is 0. The average Bonchev–Trinajstić information content (AvgIpc) is 3.09. The summed E-state index contributed by atoms with van der Waals surface area (Å²) in [6, 6.07) is 11.5. The number of thiophene rings is 1. The molecule has 1 aliphatic carbocycles. The van der Waals surface area contributed by atoms with Crippen LogP contribution in [-0.4, -0.2) is 18.5 Å². The van der Waals surface area contributed by atoms with Gasteiger partial charge in [0.15, 0.2) is 0 Å². The fourth-order valence-electron chi connectivity index (χ4n) is 2.95. The molecule has 1 atom stereocenters. The highest BCUT2D eigenvalue weighted by Gasteiger charge is 2.42. The van der Waals surface area contributed by atoms with Crippen LogP contribution in [0, 0.1) is 5.41 Å². The minimum atomic E-state index is -0.552. The van der Waals surface area contributed by atoms with Gasteiger partial charge in [0.25, 0.3) is 0 Å². The van der Waals surface area contributed by atoms with Crippen LogP contribution in [0.4, 0.5) is 0 Å². The quantitative estimate of drug-likeness (QED) is 0.775. The molecule has 2 aromatic rings. The first-order valence-electron chi connectivity index (χ1n) is 8.02. The van der Waals surface area contributed by atoms with Crippen LogP contribution in [-0.2, 0) is 33.7 Å². The SMILES string of the molecule is CCOC(=O)c1cc2c(s1)CC(C)(C(=O)OCc1ccccc1)C2. The molecule has 0 spiro atoms. The maximum absolute atomic E-state index is 12.5. The smallest absolute Gasteiger partial charge is 0.348 e. The van der Waals surface area contributed by atoms with Gasteiger partial charge in [0.05, 0.1) is 12.0 Å². The minimum absolute atomic E-state index is 0.188. The van der Waals surface area contributed by atoms with E-state index >= 15 is 0 Å². The molecule has 1 aromatic heterocycles. The van der Waals surface area contributed by atoms with Gasteiger partial charge in [-0.3, -0.25) is 4.79 Å². The van der Waals surface area contributed by atoms with Gasteiger partial charge in [-0.05, 0) is 43.9 Å². The molecule has 0 amide bonds. The van der Waals surface area contributed by atoms with Gasteiger partial charge in [-0.2, -0.15) is 0 Å². The number of fused-ring (bicyclic) bond motifs is 1. The topological polar surface area (TPSA) is 52.6 Å². The number of rotatable bonds is 5. The molecule has 126 valence electrons. The summed E-state index contributed by atoms with van der Waals surface area (Å²) in [6.45, 7) is 4.37. The van der Waals surface area contributed by atoms with Gasteiger partial charge in [-0.25, -0.2) is 4.79 Å². The highest BCUT2D eigenvalue weighted by atomic mass is 32.1. The maximum atomic E-state index is 12.5. The molecule has 0 bridgehead atoms. The third kappa shape index (κ3) is 3.36. The third-order valence-corrected chi connectivity index (χ3v) is 5.37. The van der Waals surface area contributed by atoms with Crippen LogP contribution < -0.4 is 0 Å². The first kappa shape index (κ1) is 16.7. The Hall–Kier alpha value is -2.14. The largest absolute Gasteiger partial charge is 0.462 e. The van der Waals surface area contributed by atoms with Crippen molar-refractivity contribution in [1.82, 2.24) is 0 Å². The number of hydrogen-bond acceptors (Lipinski definition) is 5. The van der Waals surface area contributed by atoms with Gasteiger partial charge in [0.1, 0.15) is 11.5 Å². The second kappa shape index (κ2) is 6.77. The predicted molar refractivity (Wildman–Crippen MR) is 92.0 cm³/mol. The molecule has 0 saturated carbocycles. The van der Waals surface area contributed by atoms with E-state index in [2.05, 4.69) is 0 Å². The fraction of sp³-hybridized carbons (Fsp3) is 0.368. The molecule has 3 rings (SSSR count). The number of benzene rings is 1. The molecule has 1 aromatic carbocycles. The van der Waals surface area contributed by atoms with E-state index in [4.69, 9.17) is 9.47 Å². The molecular weight excluding hydrogens is 324 g/mol. The molecule has 24 heavy (non-hydrogen) atoms. The van der Waals surface area contributed by atoms with E-state index < -0.39 is 5.41 Å². The van der Waals surface area contributed by atoms with Gasteiger partial charge in [0, 0.05) is 4.88 Å². The summed E-state index contributed by atoms with van der Waals surface area (Å²) in [7, 11) is 0. The minimum Gasteiger partial charge on any atom is -0.462 e. The Morgan fingerprint density at radius 2 is 1.92 bits per heavy atom. The van der Waals surface area contributed by atoms with Gasteiger partial charge >= 0.3 is 11.9 Å². The van der Waals surface area contributed by atoms with E-state index in [1.165, 1.54) is 11.3 Å². The van der Waals surface area contributed by atoms with Gasteiger partial charge in [0.2, 0.25) is 0 Å². The molecule has 4 nitrogen and oxygen atoms in total. The molecular formula is C19H20O4S. The number of esters is 2. The summed E-state index contributed by atoms with van der Waals surface area (Å²) in [4.78, 5) is 26.0. The van der Waals surface area contributed by atoms with E-state index in [1.807, 2.05) is 43.3 Å². The lowest BCUT2D eigenvalue weighted by atomic mass is 9.88. The molecule has 5 heteroatoms. The molecule has 1 heterocycles. The van der Waals surface area contributed by atoms with Gasteiger partial charge in [-0.15, -0.1) is 11.3 Å². The van der Waals surface area contributed by atoms with Crippen LogP contribution >= 0.6 is 11.3 Å². The van der Waals surface area contributed by atoms with E-state index in [0.29, 0.717) is 24.3 Å². The normalized spacial score (nSPS) is 18.9. The molecule has 1 unspecified atom stereocenters. The zero-order chi connectivity index (χ0) is 17.2. The van der Waals surface area contributed by atoms with Crippen LogP contribution in [0.3, 0.4) is 0 Å². The van der Waals surface area contributed by atoms with Crippen molar-refractivity contribution in [3.63, 3.8) is 0 Å². The van der Waals surface area contributed by atoms with Crippen LogP contribution in [0.1, 0.15) is 39.5 Å². The Bertz CT molecular complexity index is 724. The number of carbonyl (C=O) groups is 2. The molecule has 0 fully saturated rings. The zero-order valence-corrected chi connectivity index (χ0v) is 14.7. The first-order valence-corrected chi connectivity index (χ1v) is 8.83. The standard InChI is InChI=1S/C19H20O4S/c1-3-22-17(20)15-9-14-10-19(2,11-16(14)24-15)18(21)23-12-13-7-5-4-6-8-13/h4-9H,3,10-12H2,1-2H3. The highest BCUT2D eigenvalue weighted by Crippen LogP contribution is 2.42. The van der Waals surface area contributed by atoms with Crippen molar-refractivity contribution in [2.45, 2.75) is 33.3 Å². The average molecular weight is 344 g/mol. The van der Waals surface area contributed by atoms with E-state index in [9.17, 15) is 9.59 Å². The fourth-order valence-corrected chi connectivity index (χ4v) is 4.21. The van der Waals surface area contributed by atoms with Crippen molar-refractivity contribution >= 4 is 23.3 Å². The zero-order valence-electron chi connectivity index (χ0n) is 13.8. The van der Waals surface area contributed by atoms with Crippen molar-refractivity contribution in [2.24, 2.45) is 5.41 Å². The van der Waals surface area contributed by atoms with Crippen molar-refractivity contribution in [1.29, 1.82) is 0 Å². The second-order valence-electron chi connectivity index (χ2n) is 6.26. The lowest BCUT2D eigenvalue weighted by molar-refractivity contribution is -0.155. The Kier molecular flexibility index (Phi) is 4.71. The summed E-state index contributed by atoms with van der Waals surface area (Å²) in [5.74, 6) is -0.474. The molecule has 0 N–H and O–H groups in total. The predicted octanol–water partition coefficient (Wildman–Crippen LogP) is 3.77. The van der Waals surface area contributed by atoms with Crippen LogP contribution in [0.25, 0.3) is 0 Å². The third-order valence-electron chi connectivity index (χ3n) is 4.21. The van der Waals surface area contributed by atoms with Crippen LogP contribution in [0.2, 0.25) is 0 Å². The number of ether oxygens (including phenoxy) is 2. The highest BCUT2D eigenvalue weighted by molar-refractivity contribution is 7.14. The van der Waals surface area contributed by atoms with Crippen molar-refractivity contribution in [3.8, 4) is 0 Å². The monoisotopic (exact) mass is 344 g/mol. The Morgan fingerprint density at radius 1 is 1.17 bits per heavy atom. The van der Waals surface area contributed by atoms with E-state index in [0.717, 1.165) is 16.0 Å². The van der Waals surface area contributed by atoms with Crippen molar-refractivity contribution in [3.05, 3.63) is 57.3 Å². The van der Waals surface area contributed by atoms with Gasteiger partial charge < -0.3 is 9.47 Å². The first-order chi connectivity index (χ1) is 11.5. The summed E-state index contributed by atoms with van der Waals surface area (Å²) >= 11 is 1.42. The second-order valence-corrected chi connectivity index (χ2v) is 7.39. The molecule has 1 aliphatic rings. The van der Waals surface area contributed by atoms with Crippen molar-refractivity contribution in [2.75, 3.05) is 6.61 Å². The van der Waals surface area contributed by atoms with Gasteiger partial charge in [-0.1, -0.05) is 30.3 Å². The Morgan fingerprint density at radius 3 is 2.58 bits per heavy atom. The lowest BCUT2D eigenvalue weighted by Gasteiger charge is -2.21. The molecule has 0 aliphatic heterocycles. The van der Waals surface area contributed by atoms with Crippen LogP contribution in [0.15, 0.2) is 36.4 Å². The van der Waals surface area contributed by atoms with E-state index in [-0.39, 0.29) is 18.5 Å². The van der Waals surface area contributed by atoms with E-state index in [1.54, 1.807) is 6.92 Å².